The Morgan fingerprint density at radius 3 is 2.62 bits per heavy atom. The number of nitrogens with one attached hydrogen (secondary N) is 3. The summed E-state index contributed by atoms with van der Waals surface area (Å²) in [5.74, 6) is 1.28. The first-order chi connectivity index (χ1) is 21.9. The highest BCUT2D eigenvalue weighted by Crippen LogP contribution is 2.34. The van der Waals surface area contributed by atoms with Gasteiger partial charge < -0.3 is 25.4 Å². The number of benzene rings is 3. The summed E-state index contributed by atoms with van der Waals surface area (Å²) in [5.41, 5.74) is 3.17. The molecule has 0 fully saturated rings. The van der Waals surface area contributed by atoms with Crippen molar-refractivity contribution < 1.29 is 18.7 Å². The molecule has 0 aliphatic heterocycles. The lowest BCUT2D eigenvalue weighted by molar-refractivity contribution is 0.102. The van der Waals surface area contributed by atoms with Crippen LogP contribution in [0.15, 0.2) is 79.5 Å². The second-order valence-corrected chi connectivity index (χ2v) is 10.4. The number of carbonyl (C=O) groups excluding carboxylic acids is 1. The predicted molar refractivity (Wildman–Crippen MR) is 173 cm³/mol. The third kappa shape index (κ3) is 5.85. The van der Waals surface area contributed by atoms with E-state index < -0.39 is 11.7 Å². The van der Waals surface area contributed by atoms with Crippen LogP contribution in [0.5, 0.6) is 11.5 Å². The SMILES string of the molecule is COc1ccc(CNc2ncnc3c(C(=O)Nc4c(C)ccc5c(Nc6cccc(Cl)c6F)nccc45)cncc23)c(OC)c1. The average Bonchev–Trinajstić information content (AvgIpc) is 3.06. The molecule has 0 saturated carbocycles. The van der Waals surface area contributed by atoms with Crippen LogP contribution in [0.3, 0.4) is 0 Å². The zero-order valence-corrected chi connectivity index (χ0v) is 25.2. The van der Waals surface area contributed by atoms with Crippen molar-refractivity contribution >= 4 is 62.2 Å². The summed E-state index contributed by atoms with van der Waals surface area (Å²) in [6.07, 6.45) is 6.07. The molecule has 0 radical (unpaired) electrons. The number of fused-ring (bicyclic) bond motifs is 2. The van der Waals surface area contributed by atoms with Gasteiger partial charge in [-0.05, 0) is 42.8 Å². The van der Waals surface area contributed by atoms with Crippen molar-refractivity contribution in [1.29, 1.82) is 0 Å². The van der Waals surface area contributed by atoms with E-state index in [0.717, 1.165) is 11.1 Å². The number of pyridine rings is 2. The number of hydrogen-bond donors (Lipinski definition) is 3. The van der Waals surface area contributed by atoms with Crippen LogP contribution in [0.25, 0.3) is 21.7 Å². The van der Waals surface area contributed by atoms with Crippen LogP contribution in [0, 0.1) is 12.7 Å². The van der Waals surface area contributed by atoms with Gasteiger partial charge in [0.05, 0.1) is 47.1 Å². The Morgan fingerprint density at radius 1 is 0.933 bits per heavy atom. The lowest BCUT2D eigenvalue weighted by Crippen LogP contribution is -2.15. The Bertz CT molecular complexity index is 2080. The molecule has 3 aromatic carbocycles. The van der Waals surface area contributed by atoms with E-state index in [1.165, 1.54) is 18.6 Å². The van der Waals surface area contributed by atoms with Crippen molar-refractivity contribution in [2.24, 2.45) is 0 Å². The summed E-state index contributed by atoms with van der Waals surface area (Å²) in [6.45, 7) is 2.28. The lowest BCUT2D eigenvalue weighted by atomic mass is 10.0. The number of amides is 1. The highest BCUT2D eigenvalue weighted by atomic mass is 35.5. The van der Waals surface area contributed by atoms with Crippen LogP contribution in [-0.4, -0.2) is 40.1 Å². The monoisotopic (exact) mass is 623 g/mol. The van der Waals surface area contributed by atoms with Crippen LogP contribution in [0.2, 0.25) is 5.02 Å². The minimum atomic E-state index is -0.582. The second-order valence-electron chi connectivity index (χ2n) is 10.0. The van der Waals surface area contributed by atoms with Crippen LogP contribution in [0.1, 0.15) is 21.5 Å². The number of halogens is 2. The van der Waals surface area contributed by atoms with Crippen LogP contribution >= 0.6 is 11.6 Å². The molecule has 0 aliphatic rings. The maximum absolute atomic E-state index is 14.6. The summed E-state index contributed by atoms with van der Waals surface area (Å²) in [5, 5.41) is 11.3. The predicted octanol–water partition coefficient (Wildman–Crippen LogP) is 7.30. The van der Waals surface area contributed by atoms with Gasteiger partial charge in [-0.1, -0.05) is 29.8 Å². The Hall–Kier alpha value is -5.55. The van der Waals surface area contributed by atoms with Crippen molar-refractivity contribution in [1.82, 2.24) is 19.9 Å². The normalized spacial score (nSPS) is 11.0. The molecule has 6 rings (SSSR count). The molecular formula is C33H27ClFN7O3. The molecule has 3 N–H and O–H groups in total. The van der Waals surface area contributed by atoms with Gasteiger partial charge in [0.1, 0.15) is 29.5 Å². The zero-order chi connectivity index (χ0) is 31.5. The number of anilines is 4. The molecule has 6 aromatic rings. The summed E-state index contributed by atoms with van der Waals surface area (Å²) < 4.78 is 25.4. The van der Waals surface area contributed by atoms with Crippen LogP contribution in [-0.2, 0) is 6.54 Å². The first-order valence-corrected chi connectivity index (χ1v) is 14.2. The Labute approximate surface area is 262 Å². The van der Waals surface area contributed by atoms with E-state index in [4.69, 9.17) is 21.1 Å². The zero-order valence-electron chi connectivity index (χ0n) is 24.5. The molecule has 226 valence electrons. The molecule has 0 spiro atoms. The van der Waals surface area contributed by atoms with Crippen LogP contribution < -0.4 is 25.4 Å². The molecule has 12 heteroatoms. The molecule has 3 heterocycles. The fourth-order valence-corrected chi connectivity index (χ4v) is 5.18. The number of ether oxygens (including phenoxy) is 2. The fourth-order valence-electron chi connectivity index (χ4n) is 5.00. The minimum Gasteiger partial charge on any atom is -0.497 e. The first-order valence-electron chi connectivity index (χ1n) is 13.8. The van der Waals surface area contributed by atoms with Gasteiger partial charge >= 0.3 is 0 Å². The topological polar surface area (TPSA) is 123 Å². The van der Waals surface area contributed by atoms with Gasteiger partial charge in [0, 0.05) is 47.5 Å². The number of carbonyl (C=O) groups is 1. The Morgan fingerprint density at radius 2 is 1.80 bits per heavy atom. The standard InChI is InChI=1S/C33H27ClFN7O3/c1-18-7-10-22-21(11-12-37-32(22)41-26-6-4-5-25(34)28(26)35)29(18)42-33(43)24-16-36-15-23-30(24)39-17-40-31(23)38-14-19-8-9-20(44-2)13-27(19)45-3/h4-13,15-17H,14H2,1-3H3,(H,37,41)(H,42,43)(H,38,39,40). The molecular weight excluding hydrogens is 597 g/mol. The molecule has 3 aromatic heterocycles. The van der Waals surface area contributed by atoms with E-state index in [2.05, 4.69) is 35.9 Å². The van der Waals surface area contributed by atoms with Gasteiger partial charge in [0.2, 0.25) is 0 Å². The third-order valence-electron chi connectivity index (χ3n) is 7.33. The van der Waals surface area contributed by atoms with Crippen molar-refractivity contribution in [2.75, 3.05) is 30.2 Å². The number of nitrogens with zero attached hydrogens (tertiary/aromatic N) is 4. The van der Waals surface area contributed by atoms with Gasteiger partial charge in [-0.2, -0.15) is 0 Å². The molecule has 10 nitrogen and oxygen atoms in total. The largest absolute Gasteiger partial charge is 0.497 e. The molecule has 0 saturated heterocycles. The van der Waals surface area contributed by atoms with E-state index in [1.54, 1.807) is 50.9 Å². The Balaban J connectivity index is 1.30. The third-order valence-corrected chi connectivity index (χ3v) is 7.62. The summed E-state index contributed by atoms with van der Waals surface area (Å²) in [7, 11) is 3.19. The summed E-state index contributed by atoms with van der Waals surface area (Å²) in [6, 6.07) is 15.8. The second kappa shape index (κ2) is 12.6. The Kier molecular flexibility index (Phi) is 8.26. The maximum Gasteiger partial charge on any atom is 0.259 e. The van der Waals surface area contributed by atoms with E-state index >= 15 is 0 Å². The molecule has 0 unspecified atom stereocenters. The van der Waals surface area contributed by atoms with Crippen LogP contribution in [0.4, 0.5) is 27.4 Å². The number of aromatic nitrogens is 4. The number of hydrogen-bond acceptors (Lipinski definition) is 9. The maximum atomic E-state index is 14.6. The van der Waals surface area contributed by atoms with E-state index in [9.17, 15) is 9.18 Å². The number of rotatable bonds is 9. The molecule has 1 amide bonds. The lowest BCUT2D eigenvalue weighted by Gasteiger charge is -2.16. The van der Waals surface area contributed by atoms with Gasteiger partial charge in [-0.25, -0.2) is 19.3 Å². The van der Waals surface area contributed by atoms with Gasteiger partial charge in [0.15, 0.2) is 5.82 Å². The highest BCUT2D eigenvalue weighted by Gasteiger charge is 2.18. The smallest absolute Gasteiger partial charge is 0.259 e. The van der Waals surface area contributed by atoms with Crippen molar-refractivity contribution in [3.63, 3.8) is 0 Å². The molecule has 0 atom stereocenters. The summed E-state index contributed by atoms with van der Waals surface area (Å²) in [4.78, 5) is 31.3. The van der Waals surface area contributed by atoms with Crippen molar-refractivity contribution in [3.05, 3.63) is 107 Å². The molecule has 45 heavy (non-hydrogen) atoms. The van der Waals surface area contributed by atoms with E-state index in [1.807, 2.05) is 31.2 Å². The van der Waals surface area contributed by atoms with Crippen molar-refractivity contribution in [2.45, 2.75) is 13.5 Å². The molecule has 0 bridgehead atoms. The summed E-state index contributed by atoms with van der Waals surface area (Å²) >= 11 is 5.97. The van der Waals surface area contributed by atoms with Gasteiger partial charge in [-0.3, -0.25) is 9.78 Å². The van der Waals surface area contributed by atoms with E-state index in [-0.39, 0.29) is 16.3 Å². The quantitative estimate of drug-likeness (QED) is 0.152. The first kappa shape index (κ1) is 29.5. The minimum absolute atomic E-state index is 0.00430. The fraction of sp³-hybridized carbons (Fsp3) is 0.121. The van der Waals surface area contributed by atoms with Gasteiger partial charge in [0.25, 0.3) is 5.91 Å². The van der Waals surface area contributed by atoms with E-state index in [0.29, 0.717) is 57.0 Å². The molecule has 0 aliphatic carbocycles. The highest BCUT2D eigenvalue weighted by molar-refractivity contribution is 6.31. The van der Waals surface area contributed by atoms with Crippen molar-refractivity contribution in [3.8, 4) is 11.5 Å². The average molecular weight is 624 g/mol. The number of methoxy groups -OCH3 is 2. The number of aryl methyl sites for hydroxylation is 1. The van der Waals surface area contributed by atoms with Gasteiger partial charge in [-0.15, -0.1) is 0 Å².